The van der Waals surface area contributed by atoms with Crippen molar-refractivity contribution in [2.75, 3.05) is 0 Å². The van der Waals surface area contributed by atoms with Crippen LogP contribution in [0.1, 0.15) is 11.1 Å². The number of nitro benzene ring substituents is 1. The van der Waals surface area contributed by atoms with Crippen molar-refractivity contribution in [2.24, 2.45) is 5.73 Å². The van der Waals surface area contributed by atoms with E-state index in [4.69, 9.17) is 15.9 Å². The standard InChI is InChI=1S/C14H13N3O3/c1-9-6-7-11(17(18)19)13(8-9)20-12-5-3-2-4-10(12)14(15)16/h2-8H,1H3,(H3,15,16). The number of hydrogen-bond acceptors (Lipinski definition) is 4. The lowest BCUT2D eigenvalue weighted by atomic mass is 10.1. The second kappa shape index (κ2) is 5.40. The summed E-state index contributed by atoms with van der Waals surface area (Å²) >= 11 is 0. The average Bonchev–Trinajstić information content (AvgIpc) is 2.38. The number of amidine groups is 1. The Bertz CT molecular complexity index is 683. The van der Waals surface area contributed by atoms with E-state index in [1.807, 2.05) is 6.92 Å². The molecule has 20 heavy (non-hydrogen) atoms. The second-order valence-electron chi connectivity index (χ2n) is 4.24. The summed E-state index contributed by atoms with van der Waals surface area (Å²) in [7, 11) is 0. The van der Waals surface area contributed by atoms with Crippen LogP contribution in [0.25, 0.3) is 0 Å². The van der Waals surface area contributed by atoms with E-state index >= 15 is 0 Å². The summed E-state index contributed by atoms with van der Waals surface area (Å²) in [5, 5.41) is 18.5. The Morgan fingerprint density at radius 2 is 1.95 bits per heavy atom. The Balaban J connectivity index is 2.47. The van der Waals surface area contributed by atoms with Gasteiger partial charge in [-0.15, -0.1) is 0 Å². The van der Waals surface area contributed by atoms with Crippen LogP contribution in [0.2, 0.25) is 0 Å². The number of hydrogen-bond donors (Lipinski definition) is 2. The average molecular weight is 271 g/mol. The number of nitrogens with one attached hydrogen (secondary N) is 1. The Hall–Kier alpha value is -2.89. The molecule has 0 spiro atoms. The Morgan fingerprint density at radius 1 is 1.25 bits per heavy atom. The molecule has 0 radical (unpaired) electrons. The fourth-order valence-corrected chi connectivity index (χ4v) is 1.75. The van der Waals surface area contributed by atoms with Gasteiger partial charge in [0.1, 0.15) is 11.6 Å². The number of nitro groups is 1. The van der Waals surface area contributed by atoms with E-state index in [1.165, 1.54) is 6.07 Å². The summed E-state index contributed by atoms with van der Waals surface area (Å²) in [5.41, 5.74) is 6.57. The minimum Gasteiger partial charge on any atom is -0.449 e. The Labute approximate surface area is 115 Å². The van der Waals surface area contributed by atoms with Crippen molar-refractivity contribution in [2.45, 2.75) is 6.92 Å². The molecule has 102 valence electrons. The van der Waals surface area contributed by atoms with Crippen LogP contribution >= 0.6 is 0 Å². The molecular formula is C14H13N3O3. The zero-order valence-electron chi connectivity index (χ0n) is 10.8. The van der Waals surface area contributed by atoms with Crippen molar-refractivity contribution in [1.82, 2.24) is 0 Å². The third-order valence-corrected chi connectivity index (χ3v) is 2.71. The van der Waals surface area contributed by atoms with Crippen LogP contribution in [-0.4, -0.2) is 10.8 Å². The van der Waals surface area contributed by atoms with E-state index in [9.17, 15) is 10.1 Å². The number of ether oxygens (including phenoxy) is 1. The highest BCUT2D eigenvalue weighted by Crippen LogP contribution is 2.33. The zero-order valence-corrected chi connectivity index (χ0v) is 10.8. The SMILES string of the molecule is Cc1ccc([N+](=O)[O-])c(Oc2ccccc2C(=N)N)c1. The van der Waals surface area contributed by atoms with Gasteiger partial charge in [-0.3, -0.25) is 15.5 Å². The number of para-hydroxylation sites is 1. The fraction of sp³-hybridized carbons (Fsp3) is 0.0714. The molecule has 2 aromatic carbocycles. The molecule has 0 aliphatic rings. The first-order valence-electron chi connectivity index (χ1n) is 5.85. The molecule has 0 heterocycles. The number of nitrogens with zero attached hydrogens (tertiary/aromatic N) is 1. The number of benzene rings is 2. The Kier molecular flexibility index (Phi) is 3.65. The van der Waals surface area contributed by atoms with E-state index in [2.05, 4.69) is 0 Å². The predicted molar refractivity (Wildman–Crippen MR) is 75.4 cm³/mol. The van der Waals surface area contributed by atoms with E-state index in [0.29, 0.717) is 11.3 Å². The van der Waals surface area contributed by atoms with Gasteiger partial charge < -0.3 is 10.5 Å². The summed E-state index contributed by atoms with van der Waals surface area (Å²) in [4.78, 5) is 10.5. The van der Waals surface area contributed by atoms with Crippen LogP contribution in [0.3, 0.4) is 0 Å². The van der Waals surface area contributed by atoms with Crippen LogP contribution in [-0.2, 0) is 0 Å². The molecule has 0 aliphatic heterocycles. The molecule has 0 unspecified atom stereocenters. The first-order valence-corrected chi connectivity index (χ1v) is 5.85. The van der Waals surface area contributed by atoms with Crippen molar-refractivity contribution in [3.05, 3.63) is 63.7 Å². The van der Waals surface area contributed by atoms with Crippen LogP contribution in [0.4, 0.5) is 5.69 Å². The van der Waals surface area contributed by atoms with E-state index in [0.717, 1.165) is 5.56 Å². The van der Waals surface area contributed by atoms with Gasteiger partial charge in [-0.1, -0.05) is 18.2 Å². The lowest BCUT2D eigenvalue weighted by Crippen LogP contribution is -2.12. The van der Waals surface area contributed by atoms with Gasteiger partial charge >= 0.3 is 5.69 Å². The summed E-state index contributed by atoms with van der Waals surface area (Å²) < 4.78 is 5.58. The molecule has 0 bridgehead atoms. The maximum absolute atomic E-state index is 11.0. The highest BCUT2D eigenvalue weighted by Gasteiger charge is 2.17. The molecule has 3 N–H and O–H groups in total. The third kappa shape index (κ3) is 2.74. The minimum atomic E-state index is -0.509. The molecule has 0 fully saturated rings. The highest BCUT2D eigenvalue weighted by atomic mass is 16.6. The topological polar surface area (TPSA) is 102 Å². The van der Waals surface area contributed by atoms with Gasteiger partial charge in [0.2, 0.25) is 5.75 Å². The fourth-order valence-electron chi connectivity index (χ4n) is 1.75. The largest absolute Gasteiger partial charge is 0.449 e. The van der Waals surface area contributed by atoms with Gasteiger partial charge in [0.15, 0.2) is 0 Å². The molecule has 6 heteroatoms. The quantitative estimate of drug-likeness (QED) is 0.386. The highest BCUT2D eigenvalue weighted by molar-refractivity contribution is 5.97. The van der Waals surface area contributed by atoms with Gasteiger partial charge in [-0.05, 0) is 30.7 Å². The van der Waals surface area contributed by atoms with Gasteiger partial charge in [0.25, 0.3) is 0 Å². The molecule has 0 saturated heterocycles. The molecule has 0 atom stereocenters. The van der Waals surface area contributed by atoms with E-state index in [-0.39, 0.29) is 17.3 Å². The maximum Gasteiger partial charge on any atom is 0.311 e. The smallest absolute Gasteiger partial charge is 0.311 e. The van der Waals surface area contributed by atoms with Crippen molar-refractivity contribution in [1.29, 1.82) is 5.41 Å². The number of nitrogens with two attached hydrogens (primary N) is 1. The van der Waals surface area contributed by atoms with Gasteiger partial charge in [0, 0.05) is 6.07 Å². The van der Waals surface area contributed by atoms with Gasteiger partial charge in [-0.25, -0.2) is 0 Å². The molecular weight excluding hydrogens is 258 g/mol. The van der Waals surface area contributed by atoms with Crippen LogP contribution in [0.5, 0.6) is 11.5 Å². The lowest BCUT2D eigenvalue weighted by molar-refractivity contribution is -0.385. The van der Waals surface area contributed by atoms with Crippen molar-refractivity contribution in [3.8, 4) is 11.5 Å². The first kappa shape index (κ1) is 13.5. The maximum atomic E-state index is 11.0. The molecule has 0 saturated carbocycles. The number of nitrogen functional groups attached to an aromatic ring is 1. The molecule has 6 nitrogen and oxygen atoms in total. The normalized spacial score (nSPS) is 10.1. The van der Waals surface area contributed by atoms with Crippen LogP contribution in [0.15, 0.2) is 42.5 Å². The lowest BCUT2D eigenvalue weighted by Gasteiger charge is -2.10. The molecule has 0 aliphatic carbocycles. The first-order chi connectivity index (χ1) is 9.49. The number of aryl methyl sites for hydroxylation is 1. The van der Waals surface area contributed by atoms with Crippen molar-refractivity contribution < 1.29 is 9.66 Å². The third-order valence-electron chi connectivity index (χ3n) is 2.71. The summed E-state index contributed by atoms with van der Waals surface area (Å²) in [6.07, 6.45) is 0. The van der Waals surface area contributed by atoms with Crippen LogP contribution < -0.4 is 10.5 Å². The zero-order chi connectivity index (χ0) is 14.7. The summed E-state index contributed by atoms with van der Waals surface area (Å²) in [5.74, 6) is 0.285. The predicted octanol–water partition coefficient (Wildman–Crippen LogP) is 2.98. The molecule has 2 aromatic rings. The van der Waals surface area contributed by atoms with Gasteiger partial charge in [-0.2, -0.15) is 0 Å². The summed E-state index contributed by atoms with van der Waals surface area (Å²) in [6, 6.07) is 11.3. The second-order valence-corrected chi connectivity index (χ2v) is 4.24. The summed E-state index contributed by atoms with van der Waals surface area (Å²) in [6.45, 7) is 1.81. The molecule has 2 rings (SSSR count). The van der Waals surface area contributed by atoms with Crippen molar-refractivity contribution in [3.63, 3.8) is 0 Å². The van der Waals surface area contributed by atoms with Crippen LogP contribution in [0, 0.1) is 22.4 Å². The Morgan fingerprint density at radius 3 is 2.60 bits per heavy atom. The van der Waals surface area contributed by atoms with Crippen molar-refractivity contribution >= 4 is 11.5 Å². The number of rotatable bonds is 4. The monoisotopic (exact) mass is 271 g/mol. The minimum absolute atomic E-state index is 0.128. The van der Waals surface area contributed by atoms with Gasteiger partial charge in [0.05, 0.1) is 10.5 Å². The molecule has 0 aromatic heterocycles. The van der Waals surface area contributed by atoms with E-state index < -0.39 is 4.92 Å². The molecule has 0 amide bonds. The van der Waals surface area contributed by atoms with E-state index in [1.54, 1.807) is 36.4 Å².